The first-order chi connectivity index (χ1) is 9.44. The Morgan fingerprint density at radius 3 is 2.95 bits per heavy atom. The molecule has 1 aromatic carbocycles. The average molecular weight is 277 g/mol. The smallest absolute Gasteiger partial charge is 0.306 e. The molecule has 1 atom stereocenters. The molecule has 0 bridgehead atoms. The molecule has 0 amide bonds. The predicted molar refractivity (Wildman–Crippen MR) is 78.6 cm³/mol. The van der Waals surface area contributed by atoms with Gasteiger partial charge in [0.05, 0.1) is 12.7 Å². The Morgan fingerprint density at radius 2 is 2.25 bits per heavy atom. The summed E-state index contributed by atoms with van der Waals surface area (Å²) in [5.41, 5.74) is 2.77. The highest BCUT2D eigenvalue weighted by molar-refractivity contribution is 5.69. The summed E-state index contributed by atoms with van der Waals surface area (Å²) in [4.78, 5) is 11.4. The van der Waals surface area contributed by atoms with Crippen molar-refractivity contribution in [2.45, 2.75) is 39.7 Å². The third kappa shape index (κ3) is 3.12. The van der Waals surface area contributed by atoms with E-state index in [0.717, 1.165) is 23.4 Å². The molecule has 0 fully saturated rings. The summed E-state index contributed by atoms with van der Waals surface area (Å²) >= 11 is 0. The Kier molecular flexibility index (Phi) is 4.33. The van der Waals surface area contributed by atoms with Crippen LogP contribution in [0.5, 0.6) is 0 Å². The van der Waals surface area contributed by atoms with E-state index in [1.54, 1.807) is 6.92 Å². The molecule has 0 radical (unpaired) electrons. The van der Waals surface area contributed by atoms with Crippen LogP contribution in [0.1, 0.15) is 44.4 Å². The molecule has 1 aliphatic rings. The van der Waals surface area contributed by atoms with E-state index >= 15 is 0 Å². The number of nitrogens with one attached hydrogen (secondary N) is 1. The van der Waals surface area contributed by atoms with E-state index in [1.165, 1.54) is 0 Å². The Labute approximate surface area is 120 Å². The van der Waals surface area contributed by atoms with Crippen molar-refractivity contribution in [2.75, 3.05) is 18.5 Å². The average Bonchev–Trinajstić information content (AvgIpc) is 2.41. The number of rotatable bonds is 4. The normalized spacial score (nSPS) is 19.9. The SMILES string of the molecule is CCOC(=O)CCc1ccc2c(c1)C(O)C(C)(C)CN2. The van der Waals surface area contributed by atoms with Crippen molar-refractivity contribution in [2.24, 2.45) is 5.41 Å². The van der Waals surface area contributed by atoms with Gasteiger partial charge in [-0.15, -0.1) is 0 Å². The van der Waals surface area contributed by atoms with Gasteiger partial charge in [0.15, 0.2) is 0 Å². The van der Waals surface area contributed by atoms with Crippen molar-refractivity contribution in [3.63, 3.8) is 0 Å². The van der Waals surface area contributed by atoms with Gasteiger partial charge in [-0.05, 0) is 25.0 Å². The predicted octanol–water partition coefficient (Wildman–Crippen LogP) is 2.67. The molecule has 0 saturated heterocycles. The molecular formula is C16H23NO3. The first-order valence-corrected chi connectivity index (χ1v) is 7.14. The second-order valence-electron chi connectivity index (χ2n) is 5.97. The number of ether oxygens (including phenoxy) is 1. The maximum Gasteiger partial charge on any atom is 0.306 e. The molecule has 0 saturated carbocycles. The molecule has 20 heavy (non-hydrogen) atoms. The highest BCUT2D eigenvalue weighted by Gasteiger charge is 2.34. The molecule has 1 aromatic rings. The number of aryl methyl sites for hydroxylation is 1. The summed E-state index contributed by atoms with van der Waals surface area (Å²) in [6, 6.07) is 5.97. The summed E-state index contributed by atoms with van der Waals surface area (Å²) in [5.74, 6) is -0.177. The Bertz CT molecular complexity index is 496. The first-order valence-electron chi connectivity index (χ1n) is 7.14. The van der Waals surface area contributed by atoms with Gasteiger partial charge >= 0.3 is 5.97 Å². The van der Waals surface area contributed by atoms with Gasteiger partial charge < -0.3 is 15.2 Å². The van der Waals surface area contributed by atoms with Crippen molar-refractivity contribution < 1.29 is 14.6 Å². The molecule has 4 nitrogen and oxygen atoms in total. The van der Waals surface area contributed by atoms with Gasteiger partial charge in [-0.25, -0.2) is 0 Å². The minimum absolute atomic E-state index is 0.177. The molecule has 2 N–H and O–H groups in total. The zero-order valence-corrected chi connectivity index (χ0v) is 12.4. The van der Waals surface area contributed by atoms with E-state index in [0.29, 0.717) is 19.4 Å². The number of benzene rings is 1. The summed E-state index contributed by atoms with van der Waals surface area (Å²) in [6.07, 6.45) is 0.528. The van der Waals surface area contributed by atoms with E-state index in [1.807, 2.05) is 32.0 Å². The lowest BCUT2D eigenvalue weighted by Crippen LogP contribution is -2.35. The fraction of sp³-hybridized carbons (Fsp3) is 0.562. The second kappa shape index (κ2) is 5.83. The van der Waals surface area contributed by atoms with Crippen molar-refractivity contribution in [1.82, 2.24) is 0 Å². The van der Waals surface area contributed by atoms with E-state index in [4.69, 9.17) is 4.74 Å². The fourth-order valence-electron chi connectivity index (χ4n) is 2.48. The lowest BCUT2D eigenvalue weighted by molar-refractivity contribution is -0.143. The fourth-order valence-corrected chi connectivity index (χ4v) is 2.48. The van der Waals surface area contributed by atoms with Crippen LogP contribution in [0.25, 0.3) is 0 Å². The summed E-state index contributed by atoms with van der Waals surface area (Å²) in [6.45, 7) is 7.06. The number of hydrogen-bond acceptors (Lipinski definition) is 4. The van der Waals surface area contributed by atoms with Crippen LogP contribution in [-0.2, 0) is 16.0 Å². The number of carbonyl (C=O) groups is 1. The van der Waals surface area contributed by atoms with Crippen molar-refractivity contribution in [3.05, 3.63) is 29.3 Å². The monoisotopic (exact) mass is 277 g/mol. The summed E-state index contributed by atoms with van der Waals surface area (Å²) in [5, 5.41) is 13.8. The van der Waals surface area contributed by atoms with Gasteiger partial charge in [0.25, 0.3) is 0 Å². The highest BCUT2D eigenvalue weighted by atomic mass is 16.5. The Hall–Kier alpha value is -1.55. The molecule has 1 heterocycles. The third-order valence-corrected chi connectivity index (χ3v) is 3.81. The standard InChI is InChI=1S/C16H23NO3/c1-4-20-14(18)8-6-11-5-7-13-12(9-11)15(19)16(2,3)10-17-13/h5,7,9,15,17,19H,4,6,8,10H2,1-3H3. The number of aliphatic hydroxyl groups excluding tert-OH is 1. The van der Waals surface area contributed by atoms with Crippen LogP contribution in [0.2, 0.25) is 0 Å². The minimum Gasteiger partial charge on any atom is -0.466 e. The van der Waals surface area contributed by atoms with Crippen molar-refractivity contribution >= 4 is 11.7 Å². The van der Waals surface area contributed by atoms with Crippen LogP contribution in [-0.4, -0.2) is 24.2 Å². The molecular weight excluding hydrogens is 254 g/mol. The quantitative estimate of drug-likeness (QED) is 0.831. The Morgan fingerprint density at radius 1 is 1.50 bits per heavy atom. The second-order valence-corrected chi connectivity index (χ2v) is 5.97. The van der Waals surface area contributed by atoms with Gasteiger partial charge in [-0.1, -0.05) is 26.0 Å². The number of hydrogen-bond donors (Lipinski definition) is 2. The minimum atomic E-state index is -0.485. The molecule has 2 rings (SSSR count). The van der Waals surface area contributed by atoms with Crippen LogP contribution >= 0.6 is 0 Å². The van der Waals surface area contributed by atoms with Crippen LogP contribution in [0.4, 0.5) is 5.69 Å². The molecule has 1 aliphatic heterocycles. The molecule has 110 valence electrons. The maximum absolute atomic E-state index is 11.4. The zero-order chi connectivity index (χ0) is 14.8. The van der Waals surface area contributed by atoms with E-state index in [-0.39, 0.29) is 11.4 Å². The van der Waals surface area contributed by atoms with Gasteiger partial charge in [0.1, 0.15) is 0 Å². The van der Waals surface area contributed by atoms with E-state index in [9.17, 15) is 9.90 Å². The van der Waals surface area contributed by atoms with Gasteiger partial charge in [0, 0.05) is 29.6 Å². The van der Waals surface area contributed by atoms with Crippen molar-refractivity contribution in [3.8, 4) is 0 Å². The first kappa shape index (κ1) is 14.9. The summed E-state index contributed by atoms with van der Waals surface area (Å²) < 4.78 is 4.93. The van der Waals surface area contributed by atoms with Crippen molar-refractivity contribution in [1.29, 1.82) is 0 Å². The number of aliphatic hydroxyl groups is 1. The molecule has 0 spiro atoms. The highest BCUT2D eigenvalue weighted by Crippen LogP contribution is 2.41. The number of carbonyl (C=O) groups excluding carboxylic acids is 1. The molecule has 0 aromatic heterocycles. The van der Waals surface area contributed by atoms with Gasteiger partial charge in [-0.3, -0.25) is 4.79 Å². The van der Waals surface area contributed by atoms with Crippen LogP contribution in [0, 0.1) is 5.41 Å². The molecule has 4 heteroatoms. The number of esters is 1. The van der Waals surface area contributed by atoms with Crippen LogP contribution in [0.15, 0.2) is 18.2 Å². The lowest BCUT2D eigenvalue weighted by atomic mass is 9.78. The number of anilines is 1. The van der Waals surface area contributed by atoms with E-state index < -0.39 is 6.10 Å². The lowest BCUT2D eigenvalue weighted by Gasteiger charge is -2.37. The van der Waals surface area contributed by atoms with Gasteiger partial charge in [-0.2, -0.15) is 0 Å². The topological polar surface area (TPSA) is 58.6 Å². The van der Waals surface area contributed by atoms with Crippen LogP contribution in [0.3, 0.4) is 0 Å². The van der Waals surface area contributed by atoms with E-state index in [2.05, 4.69) is 5.32 Å². The number of fused-ring (bicyclic) bond motifs is 1. The Balaban J connectivity index is 2.11. The molecule has 0 aliphatic carbocycles. The van der Waals surface area contributed by atoms with Gasteiger partial charge in [0.2, 0.25) is 0 Å². The summed E-state index contributed by atoms with van der Waals surface area (Å²) in [7, 11) is 0. The maximum atomic E-state index is 11.4. The molecule has 1 unspecified atom stereocenters. The van der Waals surface area contributed by atoms with Crippen LogP contribution < -0.4 is 5.32 Å². The third-order valence-electron chi connectivity index (χ3n) is 3.81. The largest absolute Gasteiger partial charge is 0.466 e. The zero-order valence-electron chi connectivity index (χ0n) is 12.4.